The van der Waals surface area contributed by atoms with Gasteiger partial charge in [-0.3, -0.25) is 0 Å². The topological polar surface area (TPSA) is 15.8 Å². The normalized spacial score (nSPS) is 28.7. The summed E-state index contributed by atoms with van der Waals surface area (Å²) in [4.78, 5) is 2.48. The molecule has 0 saturated carbocycles. The second-order valence-corrected chi connectivity index (χ2v) is 4.89. The summed E-state index contributed by atoms with van der Waals surface area (Å²) in [6, 6.07) is 8.75. The van der Waals surface area contributed by atoms with Crippen molar-refractivity contribution < 1.29 is 4.74 Å². The second-order valence-electron chi connectivity index (χ2n) is 4.89. The highest BCUT2D eigenvalue weighted by Crippen LogP contribution is 2.33. The zero-order valence-electron chi connectivity index (χ0n) is 9.20. The van der Waals surface area contributed by atoms with Gasteiger partial charge in [0, 0.05) is 18.8 Å². The summed E-state index contributed by atoms with van der Waals surface area (Å²) < 4.78 is 5.47. The summed E-state index contributed by atoms with van der Waals surface area (Å²) in [5.74, 6) is 0. The first-order valence-corrected chi connectivity index (χ1v) is 5.74. The summed E-state index contributed by atoms with van der Waals surface area (Å²) in [6.45, 7) is 5.34. The van der Waals surface area contributed by atoms with Crippen molar-refractivity contribution in [2.45, 2.75) is 25.4 Å². The molecule has 3 rings (SSSR count). The van der Waals surface area contributed by atoms with Crippen LogP contribution in [0.2, 0.25) is 0 Å². The molecule has 0 amide bonds. The highest BCUT2D eigenvalue weighted by molar-refractivity contribution is 5.55. The van der Waals surface area contributed by atoms with E-state index in [-0.39, 0.29) is 5.60 Å². The zero-order valence-corrected chi connectivity index (χ0v) is 9.20. The van der Waals surface area contributed by atoms with Gasteiger partial charge in [-0.15, -0.1) is 0 Å². The van der Waals surface area contributed by atoms with Crippen LogP contribution < -0.4 is 4.90 Å². The van der Waals surface area contributed by atoms with Gasteiger partial charge in [-0.1, -0.05) is 18.2 Å². The van der Waals surface area contributed by atoms with Crippen LogP contribution in [0.4, 0.5) is 5.69 Å². The number of epoxide rings is 1. The molecule has 1 unspecified atom stereocenters. The van der Waals surface area contributed by atoms with E-state index >= 15 is 0 Å². The smallest absolute Gasteiger partial charge is 0.106 e. The predicted molar refractivity (Wildman–Crippen MR) is 61.3 cm³/mol. The minimum absolute atomic E-state index is 0.129. The van der Waals surface area contributed by atoms with E-state index in [0.29, 0.717) is 0 Å². The van der Waals surface area contributed by atoms with Crippen LogP contribution in [-0.4, -0.2) is 25.3 Å². The van der Waals surface area contributed by atoms with Crippen molar-refractivity contribution in [1.29, 1.82) is 0 Å². The molecule has 2 aliphatic heterocycles. The third-order valence-corrected chi connectivity index (χ3v) is 3.37. The average Bonchev–Trinajstić information content (AvgIpc) is 2.97. The molecule has 15 heavy (non-hydrogen) atoms. The lowest BCUT2D eigenvalue weighted by molar-refractivity contribution is 0.323. The fourth-order valence-corrected chi connectivity index (χ4v) is 2.39. The Balaban J connectivity index is 1.85. The van der Waals surface area contributed by atoms with Crippen molar-refractivity contribution >= 4 is 5.69 Å². The molecule has 2 aliphatic rings. The third kappa shape index (κ3) is 1.74. The Morgan fingerprint density at radius 3 is 3.00 bits per heavy atom. The van der Waals surface area contributed by atoms with Crippen molar-refractivity contribution in [2.24, 2.45) is 0 Å². The summed E-state index contributed by atoms with van der Waals surface area (Å²) in [7, 11) is 0. The van der Waals surface area contributed by atoms with Crippen molar-refractivity contribution in [2.75, 3.05) is 24.6 Å². The number of hydrogen-bond acceptors (Lipinski definition) is 2. The summed E-state index contributed by atoms with van der Waals surface area (Å²) in [6.07, 6.45) is 2.50. The first-order valence-electron chi connectivity index (χ1n) is 5.74. The van der Waals surface area contributed by atoms with Gasteiger partial charge in [0.15, 0.2) is 0 Å². The number of fused-ring (bicyclic) bond motifs is 1. The Bertz CT molecular complexity index is 371. The minimum Gasteiger partial charge on any atom is -0.368 e. The molecule has 0 aliphatic carbocycles. The Morgan fingerprint density at radius 2 is 2.20 bits per heavy atom. The highest BCUT2D eigenvalue weighted by atomic mass is 16.6. The lowest BCUT2D eigenvalue weighted by atomic mass is 10.0. The maximum absolute atomic E-state index is 5.47. The average molecular weight is 203 g/mol. The molecular weight excluding hydrogens is 186 g/mol. The number of nitrogens with zero attached hydrogens (tertiary/aromatic N) is 1. The van der Waals surface area contributed by atoms with Gasteiger partial charge in [0.25, 0.3) is 0 Å². The van der Waals surface area contributed by atoms with Crippen molar-refractivity contribution in [1.82, 2.24) is 0 Å². The Labute approximate surface area is 90.8 Å². The molecule has 2 heteroatoms. The van der Waals surface area contributed by atoms with Gasteiger partial charge in [0.1, 0.15) is 5.60 Å². The fraction of sp³-hybridized carbons (Fsp3) is 0.538. The van der Waals surface area contributed by atoms with E-state index in [1.165, 1.54) is 30.6 Å². The fourth-order valence-electron chi connectivity index (χ4n) is 2.39. The van der Waals surface area contributed by atoms with E-state index in [1.54, 1.807) is 0 Å². The van der Waals surface area contributed by atoms with Gasteiger partial charge in [-0.2, -0.15) is 0 Å². The van der Waals surface area contributed by atoms with Gasteiger partial charge < -0.3 is 9.64 Å². The van der Waals surface area contributed by atoms with Crippen LogP contribution in [0.3, 0.4) is 0 Å². The molecule has 1 saturated heterocycles. The number of aryl methyl sites for hydroxylation is 1. The molecule has 1 aromatic carbocycles. The molecule has 80 valence electrons. The molecule has 1 fully saturated rings. The van der Waals surface area contributed by atoms with Crippen LogP contribution in [0, 0.1) is 0 Å². The second kappa shape index (κ2) is 3.24. The molecule has 0 N–H and O–H groups in total. The van der Waals surface area contributed by atoms with Crippen LogP contribution >= 0.6 is 0 Å². The van der Waals surface area contributed by atoms with E-state index in [9.17, 15) is 0 Å². The number of benzene rings is 1. The van der Waals surface area contributed by atoms with Crippen LogP contribution in [0.15, 0.2) is 24.3 Å². The van der Waals surface area contributed by atoms with Crippen LogP contribution in [0.1, 0.15) is 18.9 Å². The number of para-hydroxylation sites is 1. The highest BCUT2D eigenvalue weighted by Gasteiger charge is 2.41. The molecule has 2 heterocycles. The van der Waals surface area contributed by atoms with Crippen LogP contribution in [-0.2, 0) is 11.2 Å². The van der Waals surface area contributed by atoms with Gasteiger partial charge >= 0.3 is 0 Å². The Kier molecular flexibility index (Phi) is 1.99. The van der Waals surface area contributed by atoms with E-state index in [4.69, 9.17) is 4.74 Å². The molecule has 1 atom stereocenters. The lowest BCUT2D eigenvalue weighted by Gasteiger charge is -2.32. The first kappa shape index (κ1) is 9.22. The molecular formula is C13H17NO. The number of hydrogen-bond donors (Lipinski definition) is 0. The molecule has 2 nitrogen and oxygen atoms in total. The van der Waals surface area contributed by atoms with Gasteiger partial charge in [-0.25, -0.2) is 0 Å². The zero-order chi connectivity index (χ0) is 10.3. The SMILES string of the molecule is CC1(CN2CCCc3ccccc32)CO1. The maximum Gasteiger partial charge on any atom is 0.106 e. The molecule has 1 aromatic rings. The van der Waals surface area contributed by atoms with E-state index in [0.717, 1.165) is 13.2 Å². The molecule has 0 spiro atoms. The van der Waals surface area contributed by atoms with E-state index in [2.05, 4.69) is 36.1 Å². The molecule has 0 aromatic heterocycles. The number of rotatable bonds is 2. The first-order chi connectivity index (χ1) is 7.27. The summed E-state index contributed by atoms with van der Waals surface area (Å²) in [5.41, 5.74) is 3.04. The van der Waals surface area contributed by atoms with Crippen molar-refractivity contribution in [3.63, 3.8) is 0 Å². The molecule has 0 bridgehead atoms. The van der Waals surface area contributed by atoms with Crippen molar-refractivity contribution in [3.05, 3.63) is 29.8 Å². The maximum atomic E-state index is 5.47. The molecule has 0 radical (unpaired) electrons. The number of ether oxygens (including phenoxy) is 1. The van der Waals surface area contributed by atoms with Crippen LogP contribution in [0.5, 0.6) is 0 Å². The van der Waals surface area contributed by atoms with Gasteiger partial charge in [0.05, 0.1) is 6.61 Å². The Hall–Kier alpha value is -1.02. The quantitative estimate of drug-likeness (QED) is 0.685. The lowest BCUT2D eigenvalue weighted by Crippen LogP contribution is -2.36. The monoisotopic (exact) mass is 203 g/mol. The standard InChI is InChI=1S/C13H17NO/c1-13(10-15-13)9-14-8-4-6-11-5-2-3-7-12(11)14/h2-3,5,7H,4,6,8-10H2,1H3. The van der Waals surface area contributed by atoms with E-state index < -0.39 is 0 Å². The summed E-state index contributed by atoms with van der Waals surface area (Å²) in [5, 5.41) is 0. The number of anilines is 1. The van der Waals surface area contributed by atoms with Gasteiger partial charge in [0.2, 0.25) is 0 Å². The summed E-state index contributed by atoms with van der Waals surface area (Å²) >= 11 is 0. The third-order valence-electron chi connectivity index (χ3n) is 3.37. The Morgan fingerprint density at radius 1 is 1.40 bits per heavy atom. The van der Waals surface area contributed by atoms with E-state index in [1.807, 2.05) is 0 Å². The predicted octanol–water partition coefficient (Wildman–Crippen LogP) is 2.23. The largest absolute Gasteiger partial charge is 0.368 e. The van der Waals surface area contributed by atoms with Crippen molar-refractivity contribution in [3.8, 4) is 0 Å². The van der Waals surface area contributed by atoms with Crippen LogP contribution in [0.25, 0.3) is 0 Å². The van der Waals surface area contributed by atoms with Gasteiger partial charge in [-0.05, 0) is 31.4 Å². The minimum atomic E-state index is 0.129.